The van der Waals surface area contributed by atoms with Crippen molar-refractivity contribution in [1.29, 1.82) is 0 Å². The minimum atomic E-state index is -1.37. The smallest absolute Gasteiger partial charge is 0.338 e. The van der Waals surface area contributed by atoms with Gasteiger partial charge < -0.3 is 15.3 Å². The summed E-state index contributed by atoms with van der Waals surface area (Å²) < 4.78 is 13.2. The van der Waals surface area contributed by atoms with Crippen molar-refractivity contribution in [3.05, 3.63) is 29.6 Å². The first-order chi connectivity index (χ1) is 9.36. The molecule has 0 radical (unpaired) electrons. The summed E-state index contributed by atoms with van der Waals surface area (Å²) in [5, 5.41) is 11.4. The van der Waals surface area contributed by atoms with Gasteiger partial charge in [-0.05, 0) is 31.4 Å². The van der Waals surface area contributed by atoms with E-state index in [2.05, 4.69) is 5.32 Å². The molecule has 1 aromatic carbocycles. The summed E-state index contributed by atoms with van der Waals surface area (Å²) in [7, 11) is 1.65. The zero-order valence-corrected chi connectivity index (χ0v) is 12.3. The third-order valence-electron chi connectivity index (χ3n) is 2.84. The Morgan fingerprint density at radius 3 is 2.70 bits per heavy atom. The lowest BCUT2D eigenvalue weighted by atomic mass is 10.2. The minimum Gasteiger partial charge on any atom is -0.478 e. The first-order valence-electron chi connectivity index (χ1n) is 5.92. The zero-order chi connectivity index (χ0) is 15.3. The second-order valence-electron chi connectivity index (χ2n) is 4.35. The molecule has 0 heterocycles. The maximum atomic E-state index is 13.2. The predicted molar refractivity (Wildman–Crippen MR) is 78.0 cm³/mol. The van der Waals surface area contributed by atoms with Crippen molar-refractivity contribution in [1.82, 2.24) is 4.90 Å². The topological polar surface area (TPSA) is 69.6 Å². The van der Waals surface area contributed by atoms with Gasteiger partial charge in [0.1, 0.15) is 5.82 Å². The summed E-state index contributed by atoms with van der Waals surface area (Å²) in [6, 6.07) is 3.11. The number of carbonyl (C=O) groups is 2. The molecule has 0 aromatic heterocycles. The number of aromatic carboxylic acids is 1. The van der Waals surface area contributed by atoms with E-state index in [0.29, 0.717) is 0 Å². The molecule has 0 bridgehead atoms. The molecule has 110 valence electrons. The summed E-state index contributed by atoms with van der Waals surface area (Å²) >= 11 is 1.62. The van der Waals surface area contributed by atoms with E-state index in [4.69, 9.17) is 5.11 Å². The van der Waals surface area contributed by atoms with Crippen LogP contribution in [0.3, 0.4) is 0 Å². The molecular formula is C13H17FN2O3S. The van der Waals surface area contributed by atoms with E-state index in [1.807, 2.05) is 13.2 Å². The molecule has 0 aliphatic carbocycles. The van der Waals surface area contributed by atoms with Crippen LogP contribution in [0.1, 0.15) is 17.3 Å². The Kier molecular flexibility index (Phi) is 5.82. The van der Waals surface area contributed by atoms with Gasteiger partial charge >= 0.3 is 12.0 Å². The summed E-state index contributed by atoms with van der Waals surface area (Å²) in [4.78, 5) is 24.3. The normalized spacial score (nSPS) is 11.8. The maximum absolute atomic E-state index is 13.2. The van der Waals surface area contributed by atoms with Gasteiger partial charge in [-0.25, -0.2) is 14.0 Å². The Bertz CT molecular complexity index is 510. The number of carboxylic acid groups (broad SMARTS) is 1. The number of hydrogen-bond donors (Lipinski definition) is 2. The van der Waals surface area contributed by atoms with Gasteiger partial charge in [-0.3, -0.25) is 0 Å². The number of amides is 2. The van der Waals surface area contributed by atoms with E-state index in [1.54, 1.807) is 18.8 Å². The van der Waals surface area contributed by atoms with Crippen LogP contribution in [-0.4, -0.2) is 47.1 Å². The zero-order valence-electron chi connectivity index (χ0n) is 11.5. The van der Waals surface area contributed by atoms with Crippen molar-refractivity contribution < 1.29 is 19.1 Å². The van der Waals surface area contributed by atoms with Crippen LogP contribution in [0.15, 0.2) is 18.2 Å². The Balaban J connectivity index is 2.80. The number of urea groups is 1. The fourth-order valence-electron chi connectivity index (χ4n) is 1.53. The molecule has 1 unspecified atom stereocenters. The van der Waals surface area contributed by atoms with E-state index in [0.717, 1.165) is 17.9 Å². The molecular weight excluding hydrogens is 283 g/mol. The number of halogens is 1. The highest BCUT2D eigenvalue weighted by Gasteiger charge is 2.17. The maximum Gasteiger partial charge on any atom is 0.338 e. The molecule has 0 saturated carbocycles. The quantitative estimate of drug-likeness (QED) is 0.877. The van der Waals surface area contributed by atoms with Gasteiger partial charge in [0.25, 0.3) is 0 Å². The van der Waals surface area contributed by atoms with Crippen molar-refractivity contribution >= 4 is 29.4 Å². The van der Waals surface area contributed by atoms with Crippen LogP contribution in [0.4, 0.5) is 14.9 Å². The van der Waals surface area contributed by atoms with Crippen molar-refractivity contribution in [2.45, 2.75) is 13.0 Å². The Morgan fingerprint density at radius 1 is 1.50 bits per heavy atom. The van der Waals surface area contributed by atoms with Crippen molar-refractivity contribution in [2.24, 2.45) is 0 Å². The van der Waals surface area contributed by atoms with Gasteiger partial charge in [-0.1, -0.05) is 0 Å². The van der Waals surface area contributed by atoms with Crippen molar-refractivity contribution in [2.75, 3.05) is 24.4 Å². The SMILES string of the molecule is CSCC(C)N(C)C(=O)Nc1ccc(F)c(C(=O)O)c1. The molecule has 0 aliphatic rings. The van der Waals surface area contributed by atoms with Crippen LogP contribution in [0.5, 0.6) is 0 Å². The lowest BCUT2D eigenvalue weighted by molar-refractivity contribution is 0.0692. The number of nitrogens with zero attached hydrogens (tertiary/aromatic N) is 1. The monoisotopic (exact) mass is 300 g/mol. The van der Waals surface area contributed by atoms with Gasteiger partial charge in [-0.2, -0.15) is 11.8 Å². The minimum absolute atomic E-state index is 0.0318. The number of benzene rings is 1. The van der Waals surface area contributed by atoms with Gasteiger partial charge in [-0.15, -0.1) is 0 Å². The second kappa shape index (κ2) is 7.14. The molecule has 0 aliphatic heterocycles. The van der Waals surface area contributed by atoms with E-state index in [9.17, 15) is 14.0 Å². The molecule has 20 heavy (non-hydrogen) atoms. The van der Waals surface area contributed by atoms with Crippen LogP contribution in [0, 0.1) is 5.82 Å². The summed E-state index contributed by atoms with van der Waals surface area (Å²) in [5.74, 6) is -1.42. The lowest BCUT2D eigenvalue weighted by Crippen LogP contribution is -2.39. The molecule has 1 atom stereocenters. The average molecular weight is 300 g/mol. The number of thioether (sulfide) groups is 1. The largest absolute Gasteiger partial charge is 0.478 e. The Morgan fingerprint density at radius 2 is 2.15 bits per heavy atom. The summed E-state index contributed by atoms with van der Waals surface area (Å²) in [6.07, 6.45) is 1.95. The number of rotatable bonds is 5. The fourth-order valence-corrected chi connectivity index (χ4v) is 2.24. The number of carboxylic acids is 1. The number of carbonyl (C=O) groups excluding carboxylic acids is 1. The number of hydrogen-bond acceptors (Lipinski definition) is 3. The fraction of sp³-hybridized carbons (Fsp3) is 0.385. The highest BCUT2D eigenvalue weighted by atomic mass is 32.2. The van der Waals surface area contributed by atoms with Crippen molar-refractivity contribution in [3.8, 4) is 0 Å². The lowest BCUT2D eigenvalue weighted by Gasteiger charge is -2.24. The Hall–Kier alpha value is -1.76. The molecule has 7 heteroatoms. The van der Waals surface area contributed by atoms with Crippen LogP contribution in [0.2, 0.25) is 0 Å². The summed E-state index contributed by atoms with van der Waals surface area (Å²) in [5.41, 5.74) is -0.223. The molecule has 5 nitrogen and oxygen atoms in total. The van der Waals surface area contributed by atoms with Crippen LogP contribution < -0.4 is 5.32 Å². The second-order valence-corrected chi connectivity index (χ2v) is 5.26. The Labute approximate surface area is 121 Å². The first kappa shape index (κ1) is 16.3. The van der Waals surface area contributed by atoms with Crippen LogP contribution in [0.25, 0.3) is 0 Å². The molecule has 2 amide bonds. The van der Waals surface area contributed by atoms with Gasteiger partial charge in [0, 0.05) is 24.5 Å². The summed E-state index contributed by atoms with van der Waals surface area (Å²) in [6.45, 7) is 1.91. The molecule has 1 rings (SSSR count). The highest BCUT2D eigenvalue weighted by molar-refractivity contribution is 7.98. The molecule has 0 saturated heterocycles. The molecule has 0 spiro atoms. The predicted octanol–water partition coefficient (Wildman–Crippen LogP) is 2.74. The first-order valence-corrected chi connectivity index (χ1v) is 7.31. The number of anilines is 1. The number of nitrogens with one attached hydrogen (secondary N) is 1. The third kappa shape index (κ3) is 4.12. The molecule has 0 fully saturated rings. The van der Waals surface area contributed by atoms with Gasteiger partial charge in [0.2, 0.25) is 0 Å². The third-order valence-corrected chi connectivity index (χ3v) is 3.65. The molecule has 2 N–H and O–H groups in total. The van der Waals surface area contributed by atoms with Gasteiger partial charge in [0.05, 0.1) is 5.56 Å². The van der Waals surface area contributed by atoms with E-state index >= 15 is 0 Å². The standard InChI is InChI=1S/C13H17FN2O3S/c1-8(7-20-3)16(2)13(19)15-9-4-5-11(14)10(6-9)12(17)18/h4-6,8H,7H2,1-3H3,(H,15,19)(H,17,18). The van der Waals surface area contributed by atoms with Crippen molar-refractivity contribution in [3.63, 3.8) is 0 Å². The van der Waals surface area contributed by atoms with Crippen LogP contribution in [-0.2, 0) is 0 Å². The van der Waals surface area contributed by atoms with Crippen LogP contribution >= 0.6 is 11.8 Å². The van der Waals surface area contributed by atoms with E-state index in [-0.39, 0.29) is 17.8 Å². The van der Waals surface area contributed by atoms with Gasteiger partial charge in [0.15, 0.2) is 0 Å². The molecule has 1 aromatic rings. The van der Waals surface area contributed by atoms with E-state index in [1.165, 1.54) is 11.0 Å². The average Bonchev–Trinajstić information content (AvgIpc) is 2.39. The highest BCUT2D eigenvalue weighted by Crippen LogP contribution is 2.16. The van der Waals surface area contributed by atoms with E-state index < -0.39 is 17.3 Å².